The molecule has 0 heterocycles. The maximum absolute atomic E-state index is 6.23. The zero-order valence-corrected chi connectivity index (χ0v) is 8.97. The number of hydrogen-bond donors (Lipinski definition) is 2. The van der Waals surface area contributed by atoms with Gasteiger partial charge in [0, 0.05) is 18.1 Å². The molecular formula is C12H22N2. The normalized spacial score (nSPS) is 30.4. The standard InChI is InChI=1S/C12H22N2/c13-12(6-1-7-12)8-14-11(9-2-3-9)10-4-5-10/h9-11,14H,1-8,13H2. The van der Waals surface area contributed by atoms with Crippen LogP contribution < -0.4 is 11.1 Å². The van der Waals surface area contributed by atoms with Gasteiger partial charge < -0.3 is 11.1 Å². The van der Waals surface area contributed by atoms with Crippen LogP contribution in [0.5, 0.6) is 0 Å². The summed E-state index contributed by atoms with van der Waals surface area (Å²) in [6.07, 6.45) is 9.68. The van der Waals surface area contributed by atoms with Crippen LogP contribution in [0.1, 0.15) is 44.9 Å². The summed E-state index contributed by atoms with van der Waals surface area (Å²) < 4.78 is 0. The highest BCUT2D eigenvalue weighted by Gasteiger charge is 2.42. The number of hydrogen-bond acceptors (Lipinski definition) is 2. The fourth-order valence-electron chi connectivity index (χ4n) is 2.76. The molecule has 0 aliphatic heterocycles. The molecule has 3 rings (SSSR count). The lowest BCUT2D eigenvalue weighted by Crippen LogP contribution is -2.56. The van der Waals surface area contributed by atoms with E-state index in [-0.39, 0.29) is 5.54 Å². The molecule has 0 saturated heterocycles. The lowest BCUT2D eigenvalue weighted by molar-refractivity contribution is 0.222. The summed E-state index contributed by atoms with van der Waals surface area (Å²) in [5.41, 5.74) is 6.40. The molecule has 3 fully saturated rings. The first kappa shape index (κ1) is 9.17. The van der Waals surface area contributed by atoms with Gasteiger partial charge >= 0.3 is 0 Å². The van der Waals surface area contributed by atoms with E-state index in [4.69, 9.17) is 5.73 Å². The molecule has 0 unspecified atom stereocenters. The van der Waals surface area contributed by atoms with Crippen LogP contribution in [0.2, 0.25) is 0 Å². The highest BCUT2D eigenvalue weighted by atomic mass is 15.0. The second kappa shape index (κ2) is 3.21. The van der Waals surface area contributed by atoms with Crippen LogP contribution in [0, 0.1) is 11.8 Å². The van der Waals surface area contributed by atoms with Crippen molar-refractivity contribution in [3.05, 3.63) is 0 Å². The SMILES string of the molecule is NC1(CNC(C2CC2)C2CC2)CCC1. The van der Waals surface area contributed by atoms with Crippen molar-refractivity contribution in [3.8, 4) is 0 Å². The Bertz CT molecular complexity index is 202. The van der Waals surface area contributed by atoms with Gasteiger partial charge in [-0.2, -0.15) is 0 Å². The lowest BCUT2D eigenvalue weighted by atomic mass is 9.77. The number of nitrogens with one attached hydrogen (secondary N) is 1. The molecule has 3 N–H and O–H groups in total. The van der Waals surface area contributed by atoms with Crippen molar-refractivity contribution in [1.29, 1.82) is 0 Å². The monoisotopic (exact) mass is 194 g/mol. The van der Waals surface area contributed by atoms with E-state index < -0.39 is 0 Å². The van der Waals surface area contributed by atoms with Gasteiger partial charge in [0.1, 0.15) is 0 Å². The van der Waals surface area contributed by atoms with E-state index in [0.717, 1.165) is 24.4 Å². The Kier molecular flexibility index (Phi) is 2.10. The third-order valence-electron chi connectivity index (χ3n) is 4.30. The van der Waals surface area contributed by atoms with E-state index in [9.17, 15) is 0 Å². The van der Waals surface area contributed by atoms with Gasteiger partial charge in [0.25, 0.3) is 0 Å². The van der Waals surface area contributed by atoms with Crippen LogP contribution >= 0.6 is 0 Å². The average molecular weight is 194 g/mol. The number of nitrogens with two attached hydrogens (primary N) is 1. The summed E-state index contributed by atoms with van der Waals surface area (Å²) in [6, 6.07) is 0.830. The summed E-state index contributed by atoms with van der Waals surface area (Å²) in [6.45, 7) is 1.07. The summed E-state index contributed by atoms with van der Waals surface area (Å²) in [5, 5.41) is 3.76. The smallest absolute Gasteiger partial charge is 0.0280 e. The topological polar surface area (TPSA) is 38.0 Å². The molecule has 14 heavy (non-hydrogen) atoms. The average Bonchev–Trinajstić information content (AvgIpc) is 2.96. The van der Waals surface area contributed by atoms with Gasteiger partial charge in [-0.3, -0.25) is 0 Å². The molecule has 0 aromatic rings. The third kappa shape index (κ3) is 1.82. The largest absolute Gasteiger partial charge is 0.324 e. The van der Waals surface area contributed by atoms with Crippen molar-refractivity contribution < 1.29 is 0 Å². The quantitative estimate of drug-likeness (QED) is 0.698. The van der Waals surface area contributed by atoms with Crippen LogP contribution in [-0.4, -0.2) is 18.1 Å². The first-order chi connectivity index (χ1) is 6.77. The summed E-state index contributed by atoms with van der Waals surface area (Å²) in [5.74, 6) is 2.01. The molecule has 3 saturated carbocycles. The maximum atomic E-state index is 6.23. The third-order valence-corrected chi connectivity index (χ3v) is 4.30. The first-order valence-electron chi connectivity index (χ1n) is 6.29. The van der Waals surface area contributed by atoms with Crippen LogP contribution in [0.3, 0.4) is 0 Å². The predicted molar refractivity (Wildman–Crippen MR) is 58.0 cm³/mol. The van der Waals surface area contributed by atoms with E-state index >= 15 is 0 Å². The number of rotatable bonds is 5. The van der Waals surface area contributed by atoms with E-state index in [0.29, 0.717) is 0 Å². The fraction of sp³-hybridized carbons (Fsp3) is 1.00. The van der Waals surface area contributed by atoms with Crippen LogP contribution in [0.4, 0.5) is 0 Å². The molecule has 0 radical (unpaired) electrons. The molecule has 80 valence electrons. The Hall–Kier alpha value is -0.0800. The summed E-state index contributed by atoms with van der Waals surface area (Å²) in [4.78, 5) is 0. The molecule has 0 spiro atoms. The van der Waals surface area contributed by atoms with Gasteiger partial charge in [-0.15, -0.1) is 0 Å². The van der Waals surface area contributed by atoms with Crippen molar-refractivity contribution in [2.75, 3.05) is 6.54 Å². The second-order valence-electron chi connectivity index (χ2n) is 5.80. The Morgan fingerprint density at radius 2 is 1.71 bits per heavy atom. The molecular weight excluding hydrogens is 172 g/mol. The molecule has 3 aliphatic carbocycles. The Balaban J connectivity index is 1.49. The lowest BCUT2D eigenvalue weighted by Gasteiger charge is -2.39. The zero-order chi connectivity index (χ0) is 9.60. The Morgan fingerprint density at radius 1 is 1.14 bits per heavy atom. The van der Waals surface area contributed by atoms with Gasteiger partial charge in [-0.05, 0) is 56.8 Å². The van der Waals surface area contributed by atoms with E-state index in [2.05, 4.69) is 5.32 Å². The zero-order valence-electron chi connectivity index (χ0n) is 8.97. The van der Waals surface area contributed by atoms with Crippen LogP contribution in [-0.2, 0) is 0 Å². The highest BCUT2D eigenvalue weighted by Crippen LogP contribution is 2.44. The van der Waals surface area contributed by atoms with E-state index in [1.165, 1.54) is 44.9 Å². The molecule has 0 atom stereocenters. The highest BCUT2D eigenvalue weighted by molar-refractivity contribution is 5.00. The van der Waals surface area contributed by atoms with Gasteiger partial charge in [-0.25, -0.2) is 0 Å². The van der Waals surface area contributed by atoms with Gasteiger partial charge in [0.15, 0.2) is 0 Å². The minimum Gasteiger partial charge on any atom is -0.324 e. The molecule has 0 aromatic carbocycles. The second-order valence-corrected chi connectivity index (χ2v) is 5.80. The molecule has 2 heteroatoms. The minimum atomic E-state index is 0.169. The van der Waals surface area contributed by atoms with E-state index in [1.54, 1.807) is 0 Å². The van der Waals surface area contributed by atoms with Crippen LogP contribution in [0.25, 0.3) is 0 Å². The molecule has 2 nitrogen and oxygen atoms in total. The van der Waals surface area contributed by atoms with Crippen LogP contribution in [0.15, 0.2) is 0 Å². The van der Waals surface area contributed by atoms with Crippen molar-refractivity contribution in [2.24, 2.45) is 17.6 Å². The minimum absolute atomic E-state index is 0.169. The fourth-order valence-corrected chi connectivity index (χ4v) is 2.76. The summed E-state index contributed by atoms with van der Waals surface area (Å²) >= 11 is 0. The maximum Gasteiger partial charge on any atom is 0.0280 e. The van der Waals surface area contributed by atoms with Gasteiger partial charge in [-0.1, -0.05) is 0 Å². The molecule has 0 bridgehead atoms. The Morgan fingerprint density at radius 3 is 2.07 bits per heavy atom. The van der Waals surface area contributed by atoms with Crippen molar-refractivity contribution >= 4 is 0 Å². The van der Waals surface area contributed by atoms with Crippen molar-refractivity contribution in [1.82, 2.24) is 5.32 Å². The van der Waals surface area contributed by atoms with E-state index in [1.807, 2.05) is 0 Å². The molecule has 0 aromatic heterocycles. The molecule has 3 aliphatic rings. The van der Waals surface area contributed by atoms with Crippen molar-refractivity contribution in [3.63, 3.8) is 0 Å². The Labute approximate surface area is 86.6 Å². The molecule has 0 amide bonds. The van der Waals surface area contributed by atoms with Gasteiger partial charge in [0.05, 0.1) is 0 Å². The van der Waals surface area contributed by atoms with Crippen molar-refractivity contribution in [2.45, 2.75) is 56.5 Å². The summed E-state index contributed by atoms with van der Waals surface area (Å²) in [7, 11) is 0. The first-order valence-corrected chi connectivity index (χ1v) is 6.29. The van der Waals surface area contributed by atoms with Gasteiger partial charge in [0.2, 0.25) is 0 Å². The predicted octanol–water partition coefficient (Wildman–Crippen LogP) is 1.65.